The molecule has 3 amide bonds. The Labute approximate surface area is 153 Å². The summed E-state index contributed by atoms with van der Waals surface area (Å²) < 4.78 is 4.93. The molecule has 2 rings (SSSR count). The Morgan fingerprint density at radius 2 is 1.96 bits per heavy atom. The Morgan fingerprint density at radius 3 is 2.58 bits per heavy atom. The van der Waals surface area contributed by atoms with Crippen molar-refractivity contribution in [1.82, 2.24) is 10.1 Å². The summed E-state index contributed by atoms with van der Waals surface area (Å²) in [6.45, 7) is 8.17. The van der Waals surface area contributed by atoms with E-state index in [2.05, 4.69) is 15.8 Å². The number of amides is 3. The van der Waals surface area contributed by atoms with Crippen LogP contribution in [0.1, 0.15) is 32.1 Å². The highest BCUT2D eigenvalue weighted by molar-refractivity contribution is 5.96. The van der Waals surface area contributed by atoms with Crippen molar-refractivity contribution in [1.29, 1.82) is 0 Å². The van der Waals surface area contributed by atoms with Gasteiger partial charge >= 0.3 is 6.03 Å². The molecule has 0 aliphatic carbocycles. The van der Waals surface area contributed by atoms with Crippen molar-refractivity contribution in [3.8, 4) is 0 Å². The van der Waals surface area contributed by atoms with E-state index in [1.807, 2.05) is 45.0 Å². The van der Waals surface area contributed by atoms with E-state index in [0.29, 0.717) is 18.1 Å². The minimum Gasteiger partial charge on any atom is -0.360 e. The highest BCUT2D eigenvalue weighted by Gasteiger charge is 2.20. The standard InChI is InChI=1S/C19H26N4O3/c1-5-15-8-6-7-9-16(15)20-19(25)23(11-13(2)3)12-18(24)21-17-10-14(4)26-22-17/h6-10,13H,5,11-12H2,1-4H3,(H,20,25)(H,21,22,24). The molecule has 0 spiro atoms. The maximum absolute atomic E-state index is 12.7. The van der Waals surface area contributed by atoms with Crippen LogP contribution in [0, 0.1) is 12.8 Å². The van der Waals surface area contributed by atoms with Crippen molar-refractivity contribution in [3.05, 3.63) is 41.7 Å². The van der Waals surface area contributed by atoms with Gasteiger partial charge in [0.1, 0.15) is 12.3 Å². The molecule has 7 heteroatoms. The number of anilines is 2. The third kappa shape index (κ3) is 5.61. The van der Waals surface area contributed by atoms with Gasteiger partial charge in [0.2, 0.25) is 5.91 Å². The minimum absolute atomic E-state index is 0.0653. The number of aromatic nitrogens is 1. The number of urea groups is 1. The fraction of sp³-hybridized carbons (Fsp3) is 0.421. The summed E-state index contributed by atoms with van der Waals surface area (Å²) >= 11 is 0. The maximum Gasteiger partial charge on any atom is 0.322 e. The second-order valence-electron chi connectivity index (χ2n) is 6.59. The lowest BCUT2D eigenvalue weighted by Crippen LogP contribution is -2.42. The lowest BCUT2D eigenvalue weighted by Gasteiger charge is -2.24. The first kappa shape index (κ1) is 19.5. The Bertz CT molecular complexity index is 755. The lowest BCUT2D eigenvalue weighted by atomic mass is 10.1. The van der Waals surface area contributed by atoms with Crippen LogP contribution in [0.25, 0.3) is 0 Å². The van der Waals surface area contributed by atoms with Crippen molar-refractivity contribution in [2.45, 2.75) is 34.1 Å². The van der Waals surface area contributed by atoms with Crippen LogP contribution in [0.3, 0.4) is 0 Å². The van der Waals surface area contributed by atoms with Crippen LogP contribution in [-0.4, -0.2) is 35.1 Å². The Kier molecular flexibility index (Phi) is 6.77. The van der Waals surface area contributed by atoms with E-state index < -0.39 is 0 Å². The number of carbonyl (C=O) groups excluding carboxylic acids is 2. The number of rotatable bonds is 7. The summed E-state index contributed by atoms with van der Waals surface area (Å²) in [6, 6.07) is 8.98. The van der Waals surface area contributed by atoms with Gasteiger partial charge < -0.3 is 20.1 Å². The van der Waals surface area contributed by atoms with Crippen LogP contribution in [0.15, 0.2) is 34.9 Å². The van der Waals surface area contributed by atoms with E-state index in [0.717, 1.165) is 17.7 Å². The van der Waals surface area contributed by atoms with Crippen molar-refractivity contribution in [2.24, 2.45) is 5.92 Å². The zero-order valence-corrected chi connectivity index (χ0v) is 15.7. The second kappa shape index (κ2) is 9.03. The van der Waals surface area contributed by atoms with Crippen LogP contribution in [-0.2, 0) is 11.2 Å². The van der Waals surface area contributed by atoms with Crippen LogP contribution >= 0.6 is 0 Å². The number of benzene rings is 1. The molecule has 26 heavy (non-hydrogen) atoms. The fourth-order valence-corrected chi connectivity index (χ4v) is 2.59. The van der Waals surface area contributed by atoms with Gasteiger partial charge in [-0.05, 0) is 30.9 Å². The average molecular weight is 358 g/mol. The minimum atomic E-state index is -0.321. The topological polar surface area (TPSA) is 87.5 Å². The Morgan fingerprint density at radius 1 is 1.23 bits per heavy atom. The normalized spacial score (nSPS) is 10.7. The molecule has 140 valence electrons. The number of aryl methyl sites for hydroxylation is 2. The van der Waals surface area contributed by atoms with Crippen LogP contribution < -0.4 is 10.6 Å². The number of hydrogen-bond acceptors (Lipinski definition) is 4. The molecule has 1 aromatic carbocycles. The monoisotopic (exact) mass is 358 g/mol. The van der Waals surface area contributed by atoms with Gasteiger partial charge in [-0.15, -0.1) is 0 Å². The Hall–Kier alpha value is -2.83. The first-order valence-corrected chi connectivity index (χ1v) is 8.76. The largest absolute Gasteiger partial charge is 0.360 e. The molecule has 0 saturated heterocycles. The first-order chi connectivity index (χ1) is 12.4. The summed E-state index contributed by atoms with van der Waals surface area (Å²) in [5.41, 5.74) is 1.81. The number of carbonyl (C=O) groups is 2. The quantitative estimate of drug-likeness (QED) is 0.790. The van der Waals surface area contributed by atoms with Crippen molar-refractivity contribution < 1.29 is 14.1 Å². The summed E-state index contributed by atoms with van der Waals surface area (Å²) in [4.78, 5) is 26.5. The van der Waals surface area contributed by atoms with E-state index in [4.69, 9.17) is 4.52 Å². The summed E-state index contributed by atoms with van der Waals surface area (Å²) in [5.74, 6) is 0.851. The molecule has 0 bridgehead atoms. The molecule has 0 fully saturated rings. The lowest BCUT2D eigenvalue weighted by molar-refractivity contribution is -0.116. The molecule has 2 N–H and O–H groups in total. The third-order valence-electron chi connectivity index (χ3n) is 3.74. The SMILES string of the molecule is CCc1ccccc1NC(=O)N(CC(=O)Nc1cc(C)on1)CC(C)C. The summed E-state index contributed by atoms with van der Waals surface area (Å²) in [5, 5.41) is 9.29. The second-order valence-corrected chi connectivity index (χ2v) is 6.59. The zero-order valence-electron chi connectivity index (χ0n) is 15.7. The number of para-hydroxylation sites is 1. The maximum atomic E-state index is 12.7. The zero-order chi connectivity index (χ0) is 19.1. The molecule has 0 radical (unpaired) electrons. The highest BCUT2D eigenvalue weighted by Crippen LogP contribution is 2.16. The molecule has 0 aliphatic heterocycles. The van der Waals surface area contributed by atoms with Gasteiger partial charge in [0.25, 0.3) is 0 Å². The molecular formula is C19H26N4O3. The molecule has 0 aliphatic rings. The molecular weight excluding hydrogens is 332 g/mol. The van der Waals surface area contributed by atoms with E-state index in [9.17, 15) is 9.59 Å². The molecule has 0 atom stereocenters. The number of nitrogens with one attached hydrogen (secondary N) is 2. The van der Waals surface area contributed by atoms with Crippen molar-refractivity contribution in [3.63, 3.8) is 0 Å². The number of hydrogen-bond donors (Lipinski definition) is 2. The van der Waals surface area contributed by atoms with Gasteiger partial charge in [-0.2, -0.15) is 0 Å². The summed E-state index contributed by atoms with van der Waals surface area (Å²) in [7, 11) is 0. The fourth-order valence-electron chi connectivity index (χ4n) is 2.59. The van der Waals surface area contributed by atoms with Gasteiger partial charge in [-0.3, -0.25) is 4.79 Å². The molecule has 7 nitrogen and oxygen atoms in total. The molecule has 0 saturated carbocycles. The van der Waals surface area contributed by atoms with Crippen LogP contribution in [0.5, 0.6) is 0 Å². The van der Waals surface area contributed by atoms with Gasteiger partial charge in [0.05, 0.1) is 0 Å². The first-order valence-electron chi connectivity index (χ1n) is 8.76. The average Bonchev–Trinajstić information content (AvgIpc) is 2.99. The third-order valence-corrected chi connectivity index (χ3v) is 3.74. The molecule has 2 aromatic rings. The van der Waals surface area contributed by atoms with Crippen molar-refractivity contribution >= 4 is 23.4 Å². The Balaban J connectivity index is 2.05. The van der Waals surface area contributed by atoms with E-state index in [1.54, 1.807) is 13.0 Å². The van der Waals surface area contributed by atoms with Gasteiger partial charge in [0, 0.05) is 18.3 Å². The number of nitrogens with zero attached hydrogens (tertiary/aromatic N) is 2. The van der Waals surface area contributed by atoms with Crippen molar-refractivity contribution in [2.75, 3.05) is 23.7 Å². The van der Waals surface area contributed by atoms with E-state index in [1.165, 1.54) is 4.90 Å². The van der Waals surface area contributed by atoms with Gasteiger partial charge in [0.15, 0.2) is 5.82 Å². The van der Waals surface area contributed by atoms with Gasteiger partial charge in [-0.1, -0.05) is 44.1 Å². The molecule has 1 aromatic heterocycles. The highest BCUT2D eigenvalue weighted by atomic mass is 16.5. The predicted molar refractivity (Wildman–Crippen MR) is 101 cm³/mol. The smallest absolute Gasteiger partial charge is 0.322 e. The van der Waals surface area contributed by atoms with Crippen LogP contribution in [0.2, 0.25) is 0 Å². The summed E-state index contributed by atoms with van der Waals surface area (Å²) in [6.07, 6.45) is 0.812. The molecule has 0 unspecified atom stereocenters. The van der Waals surface area contributed by atoms with E-state index in [-0.39, 0.29) is 24.4 Å². The van der Waals surface area contributed by atoms with Crippen LogP contribution in [0.4, 0.5) is 16.3 Å². The van der Waals surface area contributed by atoms with E-state index >= 15 is 0 Å². The van der Waals surface area contributed by atoms with Gasteiger partial charge in [-0.25, -0.2) is 4.79 Å². The molecule has 1 heterocycles. The predicted octanol–water partition coefficient (Wildman–Crippen LogP) is 3.67.